The third-order valence-corrected chi connectivity index (χ3v) is 3.88. The van der Waals surface area contributed by atoms with Crippen molar-refractivity contribution in [2.45, 2.75) is 25.8 Å². The van der Waals surface area contributed by atoms with Crippen LogP contribution in [0.1, 0.15) is 31.4 Å². The number of nitro benzene ring substituents is 1. The summed E-state index contributed by atoms with van der Waals surface area (Å²) in [5, 5.41) is 31.3. The maximum absolute atomic E-state index is 12.2. The van der Waals surface area contributed by atoms with Crippen molar-refractivity contribution in [3.63, 3.8) is 0 Å². The Labute approximate surface area is 142 Å². The zero-order valence-corrected chi connectivity index (χ0v) is 13.3. The van der Waals surface area contributed by atoms with Crippen LogP contribution in [0.3, 0.4) is 0 Å². The molecule has 0 unspecified atom stereocenters. The lowest BCUT2D eigenvalue weighted by molar-refractivity contribution is -0.384. The van der Waals surface area contributed by atoms with Crippen molar-refractivity contribution in [1.82, 2.24) is 4.90 Å². The molecule has 0 bridgehead atoms. The van der Waals surface area contributed by atoms with Crippen LogP contribution in [0.5, 0.6) is 0 Å². The highest BCUT2D eigenvalue weighted by molar-refractivity contribution is 6.08. The molecule has 1 aromatic carbocycles. The highest BCUT2D eigenvalue weighted by Crippen LogP contribution is 2.38. The smallest absolute Gasteiger partial charge is 0.290 e. The maximum atomic E-state index is 12.2. The van der Waals surface area contributed by atoms with Crippen LogP contribution in [0.15, 0.2) is 35.6 Å². The van der Waals surface area contributed by atoms with Crippen molar-refractivity contribution in [3.8, 4) is 0 Å². The van der Waals surface area contributed by atoms with Crippen molar-refractivity contribution in [3.05, 3.63) is 51.3 Å². The summed E-state index contributed by atoms with van der Waals surface area (Å²) in [4.78, 5) is 46.0. The Balaban J connectivity index is 2.38. The normalized spacial score (nSPS) is 17.1. The number of non-ortho nitro benzene ring substituents is 1. The van der Waals surface area contributed by atoms with E-state index in [1.165, 1.54) is 36.1 Å². The van der Waals surface area contributed by atoms with Gasteiger partial charge in [0.2, 0.25) is 0 Å². The molecule has 1 aromatic rings. The molecule has 0 aromatic heterocycles. The summed E-state index contributed by atoms with van der Waals surface area (Å²) in [6.07, 6.45) is -0.205. The molecular formula is C16H15N2O7-. The molecule has 1 atom stereocenters. The van der Waals surface area contributed by atoms with Crippen molar-refractivity contribution >= 4 is 23.3 Å². The Hall–Kier alpha value is -3.23. The van der Waals surface area contributed by atoms with Gasteiger partial charge in [-0.2, -0.15) is 0 Å². The van der Waals surface area contributed by atoms with Crippen LogP contribution in [0.25, 0.3) is 0 Å². The third-order valence-electron chi connectivity index (χ3n) is 3.88. The Morgan fingerprint density at radius 2 is 1.88 bits per heavy atom. The summed E-state index contributed by atoms with van der Waals surface area (Å²) < 4.78 is 0. The largest absolute Gasteiger partial charge is 0.550 e. The standard InChI is InChI=1S/C16H16N2O7/c1-9(19)13-14(10-4-6-11(7-5-10)18(24)25)17(16(23)15(13)22)8-2-3-12(20)21/h4-7,14,22H,2-3,8H2,1H3,(H,20,21)/p-1/t14-/m0/s1. The molecule has 9 heteroatoms. The average molecular weight is 347 g/mol. The number of aliphatic hydroxyl groups is 1. The quantitative estimate of drug-likeness (QED) is 0.556. The van der Waals surface area contributed by atoms with Gasteiger partial charge in [0.05, 0.1) is 16.5 Å². The topological polar surface area (TPSA) is 141 Å². The van der Waals surface area contributed by atoms with Crippen LogP contribution in [0.4, 0.5) is 5.69 Å². The van der Waals surface area contributed by atoms with Crippen LogP contribution < -0.4 is 5.11 Å². The Bertz CT molecular complexity index is 767. The summed E-state index contributed by atoms with van der Waals surface area (Å²) in [6, 6.07) is 4.32. The molecule has 1 heterocycles. The Morgan fingerprint density at radius 3 is 2.36 bits per heavy atom. The third kappa shape index (κ3) is 3.65. The number of hydrogen-bond acceptors (Lipinski definition) is 7. The first-order valence-corrected chi connectivity index (χ1v) is 7.43. The lowest BCUT2D eigenvalue weighted by Gasteiger charge is -2.26. The van der Waals surface area contributed by atoms with Gasteiger partial charge in [0.1, 0.15) is 0 Å². The molecule has 1 amide bonds. The summed E-state index contributed by atoms with van der Waals surface area (Å²) in [6.45, 7) is 1.18. The highest BCUT2D eigenvalue weighted by atomic mass is 16.6. The molecule has 132 valence electrons. The summed E-state index contributed by atoms with van der Waals surface area (Å²) >= 11 is 0. The van der Waals surface area contributed by atoms with E-state index in [0.717, 1.165) is 0 Å². The van der Waals surface area contributed by atoms with Gasteiger partial charge in [-0.15, -0.1) is 0 Å². The molecule has 1 aliphatic heterocycles. The number of amides is 1. The lowest BCUT2D eigenvalue weighted by Crippen LogP contribution is -2.33. The van der Waals surface area contributed by atoms with E-state index in [2.05, 4.69) is 0 Å². The zero-order chi connectivity index (χ0) is 18.7. The molecule has 25 heavy (non-hydrogen) atoms. The molecule has 0 spiro atoms. The molecule has 9 nitrogen and oxygen atoms in total. The van der Waals surface area contributed by atoms with Crippen LogP contribution >= 0.6 is 0 Å². The van der Waals surface area contributed by atoms with E-state index in [1.807, 2.05) is 0 Å². The molecule has 2 rings (SSSR count). The molecule has 0 saturated heterocycles. The molecule has 0 fully saturated rings. The van der Waals surface area contributed by atoms with Crippen molar-refractivity contribution < 1.29 is 29.5 Å². The van der Waals surface area contributed by atoms with Gasteiger partial charge in [-0.05, 0) is 37.5 Å². The van der Waals surface area contributed by atoms with Crippen LogP contribution in [0, 0.1) is 10.1 Å². The number of benzene rings is 1. The molecule has 1 N–H and O–H groups in total. The van der Waals surface area contributed by atoms with Crippen LogP contribution in [0.2, 0.25) is 0 Å². The first-order chi connectivity index (χ1) is 11.7. The van der Waals surface area contributed by atoms with Crippen LogP contribution in [-0.2, 0) is 14.4 Å². The SMILES string of the molecule is CC(=O)C1=C(O)C(=O)N(CCCC(=O)[O-])[C@H]1c1ccc([N+](=O)[O-])cc1. The number of rotatable bonds is 7. The van der Waals surface area contributed by atoms with Crippen molar-refractivity contribution in [2.75, 3.05) is 6.54 Å². The molecule has 0 radical (unpaired) electrons. The van der Waals surface area contributed by atoms with Crippen LogP contribution in [-0.4, -0.2) is 39.1 Å². The number of hydrogen-bond donors (Lipinski definition) is 1. The van der Waals surface area contributed by atoms with Gasteiger partial charge >= 0.3 is 0 Å². The van der Waals surface area contributed by atoms with Gasteiger partial charge in [-0.3, -0.25) is 19.7 Å². The predicted octanol–water partition coefficient (Wildman–Crippen LogP) is 0.409. The highest BCUT2D eigenvalue weighted by Gasteiger charge is 2.42. The van der Waals surface area contributed by atoms with E-state index in [1.54, 1.807) is 0 Å². The van der Waals surface area contributed by atoms with E-state index < -0.39 is 34.4 Å². The minimum absolute atomic E-state index is 0.0185. The number of aliphatic carboxylic acids is 1. The second kappa shape index (κ2) is 7.12. The van der Waals surface area contributed by atoms with E-state index in [-0.39, 0.29) is 30.6 Å². The van der Waals surface area contributed by atoms with E-state index >= 15 is 0 Å². The number of carbonyl (C=O) groups excluding carboxylic acids is 3. The monoisotopic (exact) mass is 347 g/mol. The fourth-order valence-corrected chi connectivity index (χ4v) is 2.76. The number of nitro groups is 1. The second-order valence-corrected chi connectivity index (χ2v) is 5.54. The second-order valence-electron chi connectivity index (χ2n) is 5.54. The fraction of sp³-hybridized carbons (Fsp3) is 0.312. The number of carbonyl (C=O) groups is 3. The van der Waals surface area contributed by atoms with Gasteiger partial charge in [0.25, 0.3) is 11.6 Å². The van der Waals surface area contributed by atoms with Crippen molar-refractivity contribution in [2.24, 2.45) is 0 Å². The van der Waals surface area contributed by atoms with Gasteiger partial charge < -0.3 is 19.9 Å². The van der Waals surface area contributed by atoms with E-state index in [0.29, 0.717) is 5.56 Å². The zero-order valence-electron chi connectivity index (χ0n) is 13.3. The van der Waals surface area contributed by atoms with Gasteiger partial charge in [-0.25, -0.2) is 0 Å². The molecule has 0 saturated carbocycles. The maximum Gasteiger partial charge on any atom is 0.290 e. The van der Waals surface area contributed by atoms with Gasteiger partial charge in [0, 0.05) is 24.6 Å². The number of carboxylic acids is 1. The molecular weight excluding hydrogens is 332 g/mol. The summed E-state index contributed by atoms with van der Waals surface area (Å²) in [5.41, 5.74) is 0.128. The van der Waals surface area contributed by atoms with E-state index in [4.69, 9.17) is 0 Å². The summed E-state index contributed by atoms with van der Waals surface area (Å²) in [7, 11) is 0. The Kier molecular flexibility index (Phi) is 5.16. The van der Waals surface area contributed by atoms with E-state index in [9.17, 15) is 34.7 Å². The van der Waals surface area contributed by atoms with Gasteiger partial charge in [-0.1, -0.05) is 0 Å². The molecule has 0 aliphatic carbocycles. The Morgan fingerprint density at radius 1 is 1.28 bits per heavy atom. The number of carboxylic acid groups (broad SMARTS) is 1. The van der Waals surface area contributed by atoms with Gasteiger partial charge in [0.15, 0.2) is 11.5 Å². The summed E-state index contributed by atoms with van der Waals surface area (Å²) in [5.74, 6) is -3.27. The number of aliphatic hydroxyl groups excluding tert-OH is 1. The number of nitrogens with zero attached hydrogens (tertiary/aromatic N) is 2. The first-order valence-electron chi connectivity index (χ1n) is 7.43. The first kappa shape index (κ1) is 18.1. The molecule has 1 aliphatic rings. The average Bonchev–Trinajstić information content (AvgIpc) is 2.79. The minimum atomic E-state index is -1.28. The predicted molar refractivity (Wildman–Crippen MR) is 82.1 cm³/mol. The number of ketones is 1. The lowest BCUT2D eigenvalue weighted by atomic mass is 9.96. The fourth-order valence-electron chi connectivity index (χ4n) is 2.76. The van der Waals surface area contributed by atoms with Crippen molar-refractivity contribution in [1.29, 1.82) is 0 Å². The number of Topliss-reactive ketones (excluding diaryl/α,β-unsaturated/α-hetero) is 1. The minimum Gasteiger partial charge on any atom is -0.550 e.